The normalized spacial score (nSPS) is 18.0. The van der Waals surface area contributed by atoms with E-state index in [1.807, 2.05) is 67.7 Å². The Balaban J connectivity index is 1.82. The molecule has 2 aliphatic rings. The fraction of sp³-hybridized carbons (Fsp3) is 0.0800. The third-order valence-corrected chi connectivity index (χ3v) is 6.57. The molecule has 6 heteroatoms. The lowest BCUT2D eigenvalue weighted by molar-refractivity contribution is -0.112. The SMILES string of the molecule is CN1N=C(c2cccc(Br)c2)C(c2cccc(Br)c2)C2=C1c1ccccc1C(=O)C2=O. The molecule has 1 heterocycles. The van der Waals surface area contributed by atoms with E-state index in [0.29, 0.717) is 16.8 Å². The minimum absolute atomic E-state index is 0.423. The van der Waals surface area contributed by atoms with Crippen LogP contribution in [0.4, 0.5) is 0 Å². The van der Waals surface area contributed by atoms with Crippen LogP contribution < -0.4 is 0 Å². The smallest absolute Gasteiger partial charge is 0.233 e. The highest BCUT2D eigenvalue weighted by molar-refractivity contribution is 9.10. The Hall–Kier alpha value is -2.83. The van der Waals surface area contributed by atoms with Crippen LogP contribution >= 0.6 is 31.9 Å². The van der Waals surface area contributed by atoms with E-state index in [9.17, 15) is 9.59 Å². The summed E-state index contributed by atoms with van der Waals surface area (Å²) >= 11 is 7.08. The molecule has 0 fully saturated rings. The van der Waals surface area contributed by atoms with Crippen molar-refractivity contribution in [2.24, 2.45) is 5.10 Å². The van der Waals surface area contributed by atoms with Crippen molar-refractivity contribution in [2.45, 2.75) is 5.92 Å². The summed E-state index contributed by atoms with van der Waals surface area (Å²) in [7, 11) is 1.82. The Morgan fingerprint density at radius 2 is 1.48 bits per heavy atom. The van der Waals surface area contributed by atoms with Gasteiger partial charge in [-0.15, -0.1) is 0 Å². The van der Waals surface area contributed by atoms with Crippen LogP contribution in [-0.2, 0) is 4.79 Å². The molecular formula is C25H16Br2N2O2. The van der Waals surface area contributed by atoms with Crippen LogP contribution in [0.1, 0.15) is 33.0 Å². The molecule has 3 aromatic carbocycles. The van der Waals surface area contributed by atoms with E-state index in [2.05, 4.69) is 31.9 Å². The van der Waals surface area contributed by atoms with Crippen LogP contribution in [0.5, 0.6) is 0 Å². The summed E-state index contributed by atoms with van der Waals surface area (Å²) in [5.41, 5.74) is 4.82. The van der Waals surface area contributed by atoms with Crippen LogP contribution in [0.3, 0.4) is 0 Å². The zero-order valence-electron chi connectivity index (χ0n) is 16.5. The quantitative estimate of drug-likeness (QED) is 0.388. The Labute approximate surface area is 196 Å². The van der Waals surface area contributed by atoms with Gasteiger partial charge in [-0.25, -0.2) is 0 Å². The van der Waals surface area contributed by atoms with Crippen LogP contribution in [0, 0.1) is 0 Å². The first-order chi connectivity index (χ1) is 15.0. The highest BCUT2D eigenvalue weighted by Gasteiger charge is 2.43. The van der Waals surface area contributed by atoms with Gasteiger partial charge in [0.1, 0.15) is 0 Å². The van der Waals surface area contributed by atoms with Gasteiger partial charge in [-0.2, -0.15) is 5.10 Å². The molecule has 152 valence electrons. The first-order valence-corrected chi connectivity index (χ1v) is 11.3. The van der Waals surface area contributed by atoms with Gasteiger partial charge in [0.25, 0.3) is 0 Å². The number of ketones is 2. The van der Waals surface area contributed by atoms with Crippen molar-refractivity contribution in [3.63, 3.8) is 0 Å². The van der Waals surface area contributed by atoms with E-state index in [4.69, 9.17) is 5.10 Å². The molecule has 0 bridgehead atoms. The lowest BCUT2D eigenvalue weighted by Gasteiger charge is -2.36. The van der Waals surface area contributed by atoms with Gasteiger partial charge >= 0.3 is 0 Å². The summed E-state index contributed by atoms with van der Waals surface area (Å²) in [6.45, 7) is 0. The topological polar surface area (TPSA) is 49.7 Å². The maximum Gasteiger partial charge on any atom is 0.233 e. The van der Waals surface area contributed by atoms with E-state index < -0.39 is 17.5 Å². The number of carbonyl (C=O) groups is 2. The number of hydrogen-bond donors (Lipinski definition) is 0. The average Bonchev–Trinajstić information content (AvgIpc) is 2.77. The van der Waals surface area contributed by atoms with Crippen molar-refractivity contribution in [3.8, 4) is 0 Å². The Kier molecular flexibility index (Phi) is 4.99. The van der Waals surface area contributed by atoms with Crippen molar-refractivity contribution >= 4 is 54.8 Å². The zero-order valence-corrected chi connectivity index (χ0v) is 19.6. The third-order valence-electron chi connectivity index (χ3n) is 5.58. The lowest BCUT2D eigenvalue weighted by atomic mass is 9.74. The summed E-state index contributed by atoms with van der Waals surface area (Å²) in [6.07, 6.45) is 0. The zero-order chi connectivity index (χ0) is 21.7. The molecule has 0 radical (unpaired) electrons. The predicted octanol–water partition coefficient (Wildman–Crippen LogP) is 5.82. The Morgan fingerprint density at radius 3 is 2.19 bits per heavy atom. The molecule has 0 amide bonds. The summed E-state index contributed by atoms with van der Waals surface area (Å²) in [5.74, 6) is -1.42. The summed E-state index contributed by atoms with van der Waals surface area (Å²) < 4.78 is 1.81. The van der Waals surface area contributed by atoms with E-state index in [1.165, 1.54) is 0 Å². The summed E-state index contributed by atoms with van der Waals surface area (Å²) in [6, 6.07) is 22.9. The summed E-state index contributed by atoms with van der Waals surface area (Å²) in [4.78, 5) is 26.5. The second kappa shape index (κ2) is 7.70. The van der Waals surface area contributed by atoms with Crippen molar-refractivity contribution in [3.05, 3.63) is 110 Å². The second-order valence-electron chi connectivity index (χ2n) is 7.47. The minimum Gasteiger partial charge on any atom is -0.285 e. The molecule has 5 rings (SSSR count). The maximum absolute atomic E-state index is 13.5. The number of hydrogen-bond acceptors (Lipinski definition) is 4. The van der Waals surface area contributed by atoms with Gasteiger partial charge in [0.05, 0.1) is 17.3 Å². The van der Waals surface area contributed by atoms with Gasteiger partial charge in [-0.05, 0) is 35.4 Å². The maximum atomic E-state index is 13.5. The standard InChI is InChI=1S/C25H16Br2N2O2/c1-29-23-18-10-2-3-11-19(18)24(30)25(31)21(23)20(14-6-4-8-16(26)12-14)22(28-29)15-7-5-9-17(27)13-15/h2-13,20H,1H3. The van der Waals surface area contributed by atoms with E-state index in [-0.39, 0.29) is 0 Å². The number of nitrogens with zero attached hydrogens (tertiary/aromatic N) is 2. The van der Waals surface area contributed by atoms with Crippen LogP contribution in [0.25, 0.3) is 5.70 Å². The van der Waals surface area contributed by atoms with E-state index >= 15 is 0 Å². The molecule has 1 aliphatic carbocycles. The largest absolute Gasteiger partial charge is 0.285 e. The number of fused-ring (bicyclic) bond motifs is 2. The molecule has 1 atom stereocenters. The number of Topliss-reactive ketones (excluding diaryl/α,β-unsaturated/α-hetero) is 2. The van der Waals surface area contributed by atoms with Crippen molar-refractivity contribution < 1.29 is 9.59 Å². The molecule has 1 aliphatic heterocycles. The molecular weight excluding hydrogens is 520 g/mol. The predicted molar refractivity (Wildman–Crippen MR) is 128 cm³/mol. The van der Waals surface area contributed by atoms with Gasteiger partial charge < -0.3 is 0 Å². The fourth-order valence-electron chi connectivity index (χ4n) is 4.29. The van der Waals surface area contributed by atoms with Gasteiger partial charge in [0, 0.05) is 32.7 Å². The van der Waals surface area contributed by atoms with Crippen LogP contribution in [0.2, 0.25) is 0 Å². The monoisotopic (exact) mass is 534 g/mol. The number of hydrazone groups is 1. The molecule has 3 aromatic rings. The number of benzene rings is 3. The number of carbonyl (C=O) groups excluding carboxylic acids is 2. The van der Waals surface area contributed by atoms with Gasteiger partial charge in [0.15, 0.2) is 0 Å². The second-order valence-corrected chi connectivity index (χ2v) is 9.30. The molecule has 4 nitrogen and oxygen atoms in total. The van der Waals surface area contributed by atoms with Crippen LogP contribution in [0.15, 0.2) is 92.4 Å². The highest BCUT2D eigenvalue weighted by atomic mass is 79.9. The van der Waals surface area contributed by atoms with Gasteiger partial charge in [0.2, 0.25) is 11.6 Å². The Morgan fingerprint density at radius 1 is 0.806 bits per heavy atom. The van der Waals surface area contributed by atoms with E-state index in [0.717, 1.165) is 31.3 Å². The van der Waals surface area contributed by atoms with E-state index in [1.54, 1.807) is 17.1 Å². The third kappa shape index (κ3) is 3.30. The molecule has 1 unspecified atom stereocenters. The van der Waals surface area contributed by atoms with Crippen LogP contribution in [-0.4, -0.2) is 29.3 Å². The van der Waals surface area contributed by atoms with Gasteiger partial charge in [-0.3, -0.25) is 14.6 Å². The molecule has 0 saturated heterocycles. The molecule has 0 aromatic heterocycles. The lowest BCUT2D eigenvalue weighted by Crippen LogP contribution is -2.37. The number of allylic oxidation sites excluding steroid dienone is 1. The molecule has 0 saturated carbocycles. The Bertz CT molecular complexity index is 1330. The summed E-state index contributed by atoms with van der Waals surface area (Å²) in [5, 5.41) is 6.64. The minimum atomic E-state index is -0.479. The van der Waals surface area contributed by atoms with Crippen molar-refractivity contribution in [2.75, 3.05) is 7.05 Å². The molecule has 0 N–H and O–H groups in total. The van der Waals surface area contributed by atoms with Gasteiger partial charge in [-0.1, -0.05) is 80.4 Å². The average molecular weight is 536 g/mol. The highest BCUT2D eigenvalue weighted by Crippen LogP contribution is 2.44. The number of halogens is 2. The number of rotatable bonds is 2. The molecule has 31 heavy (non-hydrogen) atoms. The fourth-order valence-corrected chi connectivity index (χ4v) is 5.11. The van der Waals surface area contributed by atoms with Crippen molar-refractivity contribution in [1.29, 1.82) is 0 Å². The first kappa shape index (κ1) is 20.1. The first-order valence-electron chi connectivity index (χ1n) is 9.72. The van der Waals surface area contributed by atoms with Crippen molar-refractivity contribution in [1.82, 2.24) is 5.01 Å². The molecule has 0 spiro atoms.